The summed E-state index contributed by atoms with van der Waals surface area (Å²) in [5.74, 6) is 0.508. The number of rotatable bonds is 9. The van der Waals surface area contributed by atoms with Crippen LogP contribution in [0.2, 0.25) is 0 Å². The van der Waals surface area contributed by atoms with Crippen LogP contribution in [0.1, 0.15) is 0 Å². The molecule has 1 aromatic heterocycles. The van der Waals surface area contributed by atoms with Crippen LogP contribution in [0.3, 0.4) is 0 Å². The van der Waals surface area contributed by atoms with Crippen LogP contribution in [-0.4, -0.2) is 33.7 Å². The summed E-state index contributed by atoms with van der Waals surface area (Å²) in [5.41, 5.74) is 0.174. The van der Waals surface area contributed by atoms with Crippen LogP contribution >= 0.6 is 11.3 Å². The lowest BCUT2D eigenvalue weighted by atomic mass is 10.1. The van der Waals surface area contributed by atoms with Gasteiger partial charge in [-0.1, -0.05) is 6.07 Å². The second-order valence-electron chi connectivity index (χ2n) is 5.76. The molecule has 0 unspecified atom stereocenters. The largest absolute Gasteiger partial charge is 0.491 e. The molecule has 0 atom stereocenters. The topological polar surface area (TPSA) is 105 Å². The van der Waals surface area contributed by atoms with Crippen molar-refractivity contribution in [3.63, 3.8) is 0 Å². The maximum atomic E-state index is 12.7. The number of thiophene rings is 1. The van der Waals surface area contributed by atoms with Crippen molar-refractivity contribution in [2.75, 3.05) is 20.3 Å². The van der Waals surface area contributed by atoms with Crippen LogP contribution in [0.4, 0.5) is 5.69 Å². The van der Waals surface area contributed by atoms with Gasteiger partial charge in [0.2, 0.25) is 0 Å². The third kappa shape index (κ3) is 5.11. The van der Waals surface area contributed by atoms with Crippen molar-refractivity contribution in [3.05, 3.63) is 70.1 Å². The summed E-state index contributed by atoms with van der Waals surface area (Å²) in [6.07, 6.45) is 0. The highest BCUT2D eigenvalue weighted by molar-refractivity contribution is 7.87. The Morgan fingerprint density at radius 2 is 1.83 bits per heavy atom. The molecule has 8 nitrogen and oxygen atoms in total. The maximum Gasteiger partial charge on any atom is 0.339 e. The van der Waals surface area contributed by atoms with Crippen molar-refractivity contribution in [2.24, 2.45) is 0 Å². The molecule has 152 valence electrons. The number of ether oxygens (including phenoxy) is 2. The minimum absolute atomic E-state index is 0.0125. The number of nitro benzene ring substituents is 1. The number of hydrogen-bond acceptors (Lipinski definition) is 8. The lowest BCUT2D eigenvalue weighted by Gasteiger charge is -2.11. The SMILES string of the molecule is COCCOc1ccc(S(=O)(=O)Oc2ccc([N+](=O)[O-])cc2-c2cccs2)cc1. The van der Waals surface area contributed by atoms with Gasteiger partial charge in [0.1, 0.15) is 17.3 Å². The van der Waals surface area contributed by atoms with Gasteiger partial charge in [-0.05, 0) is 41.8 Å². The summed E-state index contributed by atoms with van der Waals surface area (Å²) in [4.78, 5) is 11.1. The number of non-ortho nitro benzene ring substituents is 1. The predicted octanol–water partition coefficient (Wildman–Crippen LogP) is 4.12. The van der Waals surface area contributed by atoms with Crippen molar-refractivity contribution in [1.82, 2.24) is 0 Å². The third-order valence-corrected chi connectivity index (χ3v) is 5.98. The van der Waals surface area contributed by atoms with E-state index in [1.807, 2.05) is 0 Å². The number of methoxy groups -OCH3 is 1. The van der Waals surface area contributed by atoms with Gasteiger partial charge in [0.25, 0.3) is 5.69 Å². The van der Waals surface area contributed by atoms with E-state index in [1.165, 1.54) is 53.8 Å². The molecule has 0 spiro atoms. The van der Waals surface area contributed by atoms with Crippen LogP contribution in [-0.2, 0) is 14.9 Å². The molecule has 1 heterocycles. The molecule has 3 rings (SSSR count). The van der Waals surface area contributed by atoms with Crippen molar-refractivity contribution in [2.45, 2.75) is 4.90 Å². The van der Waals surface area contributed by atoms with Crippen molar-refractivity contribution in [3.8, 4) is 21.9 Å². The highest BCUT2D eigenvalue weighted by Gasteiger charge is 2.21. The third-order valence-electron chi connectivity index (χ3n) is 3.83. The van der Waals surface area contributed by atoms with Crippen LogP contribution in [0.25, 0.3) is 10.4 Å². The van der Waals surface area contributed by atoms with Gasteiger partial charge in [-0.3, -0.25) is 10.1 Å². The van der Waals surface area contributed by atoms with Gasteiger partial charge in [0.15, 0.2) is 5.75 Å². The first-order valence-corrected chi connectivity index (χ1v) is 10.7. The Morgan fingerprint density at radius 3 is 2.45 bits per heavy atom. The Bertz CT molecular complexity index is 1080. The van der Waals surface area contributed by atoms with Gasteiger partial charge in [0, 0.05) is 29.7 Å². The molecular weight excluding hydrogens is 418 g/mol. The number of benzene rings is 2. The van der Waals surface area contributed by atoms with Crippen molar-refractivity contribution >= 4 is 27.1 Å². The normalized spacial score (nSPS) is 11.2. The first kappa shape index (κ1) is 20.8. The minimum atomic E-state index is -4.15. The smallest absolute Gasteiger partial charge is 0.339 e. The number of nitrogens with zero attached hydrogens (tertiary/aromatic N) is 1. The zero-order valence-corrected chi connectivity index (χ0v) is 16.9. The van der Waals surface area contributed by atoms with Gasteiger partial charge < -0.3 is 13.7 Å². The van der Waals surface area contributed by atoms with E-state index in [0.717, 1.165) is 0 Å². The van der Waals surface area contributed by atoms with Gasteiger partial charge in [0.05, 0.1) is 11.5 Å². The van der Waals surface area contributed by atoms with E-state index >= 15 is 0 Å². The molecule has 0 amide bonds. The first-order chi connectivity index (χ1) is 13.9. The van der Waals surface area contributed by atoms with Crippen LogP contribution < -0.4 is 8.92 Å². The Morgan fingerprint density at radius 1 is 1.07 bits per heavy atom. The summed E-state index contributed by atoms with van der Waals surface area (Å²) in [6.45, 7) is 0.751. The molecule has 0 saturated carbocycles. The predicted molar refractivity (Wildman–Crippen MR) is 108 cm³/mol. The summed E-state index contributed by atoms with van der Waals surface area (Å²) >= 11 is 1.32. The van der Waals surface area contributed by atoms with E-state index in [4.69, 9.17) is 13.7 Å². The molecule has 0 N–H and O–H groups in total. The Kier molecular flexibility index (Phi) is 6.47. The second-order valence-corrected chi connectivity index (χ2v) is 8.26. The standard InChI is InChI=1S/C19H17NO7S2/c1-25-10-11-26-15-5-7-16(8-6-15)29(23,24)27-18-9-4-14(20(21)22)13-17(18)19-3-2-12-28-19/h2-9,12-13H,10-11H2,1H3. The molecule has 0 aliphatic heterocycles. The quantitative estimate of drug-likeness (QED) is 0.215. The summed E-state index contributed by atoms with van der Waals surface area (Å²) in [5, 5.41) is 12.9. The molecule has 29 heavy (non-hydrogen) atoms. The molecule has 0 saturated heterocycles. The summed E-state index contributed by atoms with van der Waals surface area (Å²) in [7, 11) is -2.59. The van der Waals surface area contributed by atoms with E-state index in [1.54, 1.807) is 24.6 Å². The highest BCUT2D eigenvalue weighted by atomic mass is 32.2. The molecule has 0 aliphatic rings. The molecule has 10 heteroatoms. The number of nitro groups is 1. The molecule has 0 bridgehead atoms. The zero-order valence-electron chi connectivity index (χ0n) is 15.3. The van der Waals surface area contributed by atoms with E-state index in [0.29, 0.717) is 29.4 Å². The fraction of sp³-hybridized carbons (Fsp3) is 0.158. The Balaban J connectivity index is 1.87. The molecule has 0 fully saturated rings. The van der Waals surface area contributed by atoms with E-state index in [-0.39, 0.29) is 16.3 Å². The zero-order chi connectivity index (χ0) is 20.9. The fourth-order valence-electron chi connectivity index (χ4n) is 2.44. The average molecular weight is 435 g/mol. The fourth-order valence-corrected chi connectivity index (χ4v) is 4.13. The van der Waals surface area contributed by atoms with Crippen molar-refractivity contribution < 1.29 is 27.0 Å². The average Bonchev–Trinajstić information content (AvgIpc) is 3.23. The monoisotopic (exact) mass is 435 g/mol. The Labute approximate surface area is 171 Å². The summed E-state index contributed by atoms with van der Waals surface area (Å²) < 4.78 is 41.0. The van der Waals surface area contributed by atoms with Crippen LogP contribution in [0, 0.1) is 10.1 Å². The van der Waals surface area contributed by atoms with Gasteiger partial charge >= 0.3 is 10.1 Å². The lowest BCUT2D eigenvalue weighted by Crippen LogP contribution is -2.10. The van der Waals surface area contributed by atoms with Crippen LogP contribution in [0.5, 0.6) is 11.5 Å². The maximum absolute atomic E-state index is 12.7. The van der Waals surface area contributed by atoms with Gasteiger partial charge in [-0.2, -0.15) is 8.42 Å². The van der Waals surface area contributed by atoms with Crippen molar-refractivity contribution in [1.29, 1.82) is 0 Å². The van der Waals surface area contributed by atoms with E-state index < -0.39 is 15.0 Å². The van der Waals surface area contributed by atoms with Gasteiger partial charge in [-0.15, -0.1) is 11.3 Å². The first-order valence-electron chi connectivity index (χ1n) is 8.39. The second kappa shape index (κ2) is 9.03. The van der Waals surface area contributed by atoms with Gasteiger partial charge in [-0.25, -0.2) is 0 Å². The molecular formula is C19H17NO7S2. The molecule has 3 aromatic rings. The van der Waals surface area contributed by atoms with E-state index in [2.05, 4.69) is 0 Å². The molecule has 0 aliphatic carbocycles. The number of hydrogen-bond donors (Lipinski definition) is 0. The molecule has 2 aromatic carbocycles. The molecule has 0 radical (unpaired) electrons. The lowest BCUT2D eigenvalue weighted by molar-refractivity contribution is -0.384. The van der Waals surface area contributed by atoms with E-state index in [9.17, 15) is 18.5 Å². The highest BCUT2D eigenvalue weighted by Crippen LogP contribution is 2.37. The minimum Gasteiger partial charge on any atom is -0.491 e. The summed E-state index contributed by atoms with van der Waals surface area (Å²) in [6, 6.07) is 13.0. The van der Waals surface area contributed by atoms with Crippen LogP contribution in [0.15, 0.2) is 64.9 Å². The Hall–Kier alpha value is -2.95.